The largest absolute Gasteiger partial charge is 0.506 e. The molecule has 164 valence electrons. The molecule has 0 saturated carbocycles. The molecule has 1 aliphatic heterocycles. The van der Waals surface area contributed by atoms with E-state index in [2.05, 4.69) is 50.2 Å². The van der Waals surface area contributed by atoms with Crippen LogP contribution in [-0.2, 0) is 9.53 Å². The summed E-state index contributed by atoms with van der Waals surface area (Å²) in [6.45, 7) is 3.73. The van der Waals surface area contributed by atoms with Gasteiger partial charge in [-0.3, -0.25) is 9.36 Å². The number of thiazole rings is 1. The first kappa shape index (κ1) is 23.2. The Hall–Kier alpha value is -1.99. The van der Waals surface area contributed by atoms with Gasteiger partial charge in [0.15, 0.2) is 4.80 Å². The Bertz CT molecular complexity index is 1420. The number of phenols is 1. The van der Waals surface area contributed by atoms with Crippen LogP contribution in [-0.4, -0.2) is 22.2 Å². The van der Waals surface area contributed by atoms with Crippen molar-refractivity contribution >= 4 is 68.6 Å². The van der Waals surface area contributed by atoms with E-state index in [-0.39, 0.29) is 17.9 Å². The lowest BCUT2D eigenvalue weighted by Crippen LogP contribution is -2.39. The summed E-state index contributed by atoms with van der Waals surface area (Å²) < 4.78 is 8.92. The number of allylic oxidation sites excluding steroid dienone is 1. The van der Waals surface area contributed by atoms with E-state index in [1.54, 1.807) is 24.5 Å². The minimum absolute atomic E-state index is 0.125. The van der Waals surface area contributed by atoms with Gasteiger partial charge in [0.25, 0.3) is 5.56 Å². The highest BCUT2D eigenvalue weighted by Crippen LogP contribution is 2.31. The maximum atomic E-state index is 13.5. The van der Waals surface area contributed by atoms with Crippen molar-refractivity contribution in [2.45, 2.75) is 19.9 Å². The van der Waals surface area contributed by atoms with Gasteiger partial charge in [-0.05, 0) is 82.8 Å². The van der Waals surface area contributed by atoms with Gasteiger partial charge in [0, 0.05) is 9.13 Å². The number of halogens is 2. The molecule has 0 saturated heterocycles. The van der Waals surface area contributed by atoms with Crippen LogP contribution in [0.1, 0.15) is 31.0 Å². The van der Waals surface area contributed by atoms with Gasteiger partial charge in [0.2, 0.25) is 0 Å². The number of aromatic hydroxyl groups is 1. The molecular formula is C23H18I2N2O4S. The summed E-state index contributed by atoms with van der Waals surface area (Å²) in [6, 6.07) is 12.4. The highest BCUT2D eigenvalue weighted by atomic mass is 127. The third kappa shape index (κ3) is 4.29. The van der Waals surface area contributed by atoms with E-state index < -0.39 is 12.0 Å². The molecule has 0 aliphatic carbocycles. The Morgan fingerprint density at radius 2 is 2.00 bits per heavy atom. The quantitative estimate of drug-likeness (QED) is 0.339. The fraction of sp³-hybridized carbons (Fsp3) is 0.174. The van der Waals surface area contributed by atoms with E-state index in [1.807, 2.05) is 42.5 Å². The molecule has 0 bridgehead atoms. The average Bonchev–Trinajstić information content (AvgIpc) is 3.06. The lowest BCUT2D eigenvalue weighted by atomic mass is 9.96. The molecule has 2 heterocycles. The number of hydrogen-bond acceptors (Lipinski definition) is 6. The summed E-state index contributed by atoms with van der Waals surface area (Å²) in [4.78, 5) is 31.4. The third-order valence-corrected chi connectivity index (χ3v) is 7.40. The van der Waals surface area contributed by atoms with Crippen molar-refractivity contribution < 1.29 is 14.6 Å². The van der Waals surface area contributed by atoms with E-state index in [1.165, 1.54) is 11.3 Å². The van der Waals surface area contributed by atoms with Crippen molar-refractivity contribution in [2.24, 2.45) is 4.99 Å². The van der Waals surface area contributed by atoms with Gasteiger partial charge >= 0.3 is 5.97 Å². The predicted octanol–water partition coefficient (Wildman–Crippen LogP) is 3.71. The monoisotopic (exact) mass is 672 g/mol. The van der Waals surface area contributed by atoms with Gasteiger partial charge in [0.1, 0.15) is 5.75 Å². The minimum atomic E-state index is -0.640. The lowest BCUT2D eigenvalue weighted by molar-refractivity contribution is -0.139. The van der Waals surface area contributed by atoms with E-state index >= 15 is 0 Å². The molecule has 4 rings (SSSR count). The third-order valence-electron chi connectivity index (χ3n) is 4.98. The van der Waals surface area contributed by atoms with Gasteiger partial charge in [0.05, 0.1) is 32.0 Å². The van der Waals surface area contributed by atoms with Crippen LogP contribution in [0.2, 0.25) is 0 Å². The molecular weight excluding hydrogens is 654 g/mol. The zero-order valence-electron chi connectivity index (χ0n) is 17.1. The first-order valence-electron chi connectivity index (χ1n) is 9.74. The number of ether oxygens (including phenoxy) is 1. The highest BCUT2D eigenvalue weighted by Gasteiger charge is 2.33. The smallest absolute Gasteiger partial charge is 0.338 e. The second-order valence-electron chi connectivity index (χ2n) is 7.04. The van der Waals surface area contributed by atoms with Gasteiger partial charge in [-0.15, -0.1) is 0 Å². The van der Waals surface area contributed by atoms with Crippen LogP contribution < -0.4 is 14.9 Å². The van der Waals surface area contributed by atoms with Crippen molar-refractivity contribution in [1.29, 1.82) is 0 Å². The molecule has 0 amide bonds. The average molecular weight is 672 g/mol. The number of aromatic nitrogens is 1. The van der Waals surface area contributed by atoms with Gasteiger partial charge in [-0.25, -0.2) is 9.79 Å². The molecule has 32 heavy (non-hydrogen) atoms. The first-order valence-corrected chi connectivity index (χ1v) is 12.7. The minimum Gasteiger partial charge on any atom is -0.506 e. The fourth-order valence-electron chi connectivity index (χ4n) is 3.58. The second kappa shape index (κ2) is 9.48. The van der Waals surface area contributed by atoms with Crippen molar-refractivity contribution in [3.8, 4) is 5.75 Å². The summed E-state index contributed by atoms with van der Waals surface area (Å²) in [5.41, 5.74) is 1.96. The van der Waals surface area contributed by atoms with Gasteiger partial charge in [-0.1, -0.05) is 41.7 Å². The number of phenolic OH excluding ortho intramolecular Hbond substituents is 1. The SMILES string of the molecule is CCOC(=O)C1=C(C)N=c2sc(=Cc3cc(I)cc(I)c3O)c(=O)n2[C@H]1c1ccccc1. The van der Waals surface area contributed by atoms with E-state index in [0.29, 0.717) is 29.7 Å². The van der Waals surface area contributed by atoms with Crippen molar-refractivity contribution in [3.63, 3.8) is 0 Å². The Balaban J connectivity index is 1.98. The number of rotatable bonds is 4. The molecule has 0 fully saturated rings. The number of benzene rings is 2. The van der Waals surface area contributed by atoms with Crippen molar-refractivity contribution in [2.75, 3.05) is 6.61 Å². The van der Waals surface area contributed by atoms with Crippen LogP contribution in [0.15, 0.2) is 63.5 Å². The van der Waals surface area contributed by atoms with Crippen LogP contribution in [0.25, 0.3) is 6.08 Å². The summed E-state index contributed by atoms with van der Waals surface area (Å²) in [6.07, 6.45) is 1.68. The molecule has 3 aromatic rings. The molecule has 1 aromatic heterocycles. The maximum Gasteiger partial charge on any atom is 0.338 e. The number of carbonyl (C=O) groups is 1. The van der Waals surface area contributed by atoms with E-state index in [4.69, 9.17) is 4.74 Å². The number of hydrogen-bond donors (Lipinski definition) is 1. The van der Waals surface area contributed by atoms with Crippen molar-refractivity contribution in [3.05, 3.63) is 91.7 Å². The predicted molar refractivity (Wildman–Crippen MR) is 140 cm³/mol. The van der Waals surface area contributed by atoms with Crippen LogP contribution in [0.3, 0.4) is 0 Å². The Morgan fingerprint density at radius 1 is 1.28 bits per heavy atom. The summed E-state index contributed by atoms with van der Waals surface area (Å²) in [5.74, 6) is -0.360. The van der Waals surface area contributed by atoms with Crippen LogP contribution >= 0.6 is 56.5 Å². The number of carbonyl (C=O) groups excluding carboxylic acids is 1. The molecule has 1 atom stereocenters. The second-order valence-corrected chi connectivity index (χ2v) is 10.5. The zero-order chi connectivity index (χ0) is 23.0. The van der Waals surface area contributed by atoms with Gasteiger partial charge in [-0.2, -0.15) is 0 Å². The molecule has 0 unspecified atom stereocenters. The van der Waals surface area contributed by atoms with Crippen LogP contribution in [0.5, 0.6) is 5.75 Å². The molecule has 6 nitrogen and oxygen atoms in total. The molecule has 1 aliphatic rings. The van der Waals surface area contributed by atoms with Crippen LogP contribution in [0.4, 0.5) is 0 Å². The maximum absolute atomic E-state index is 13.5. The molecule has 1 N–H and O–H groups in total. The fourth-order valence-corrected chi connectivity index (χ4v) is 6.51. The standard InChI is InChI=1S/C23H18I2N2O4S/c1-3-31-22(30)18-12(2)26-23-27(19(18)13-7-5-4-6-8-13)21(29)17(32-23)10-14-9-15(24)11-16(25)20(14)28/h4-11,19,28H,3H2,1-2H3/t19-/m0/s1. The molecule has 2 aromatic carbocycles. The Labute approximate surface area is 215 Å². The number of esters is 1. The lowest BCUT2D eigenvalue weighted by Gasteiger charge is -2.24. The van der Waals surface area contributed by atoms with Crippen LogP contribution in [0, 0.1) is 7.14 Å². The summed E-state index contributed by atoms with van der Waals surface area (Å²) in [7, 11) is 0. The van der Waals surface area contributed by atoms with Gasteiger partial charge < -0.3 is 9.84 Å². The topological polar surface area (TPSA) is 80.9 Å². The highest BCUT2D eigenvalue weighted by molar-refractivity contribution is 14.1. The summed E-state index contributed by atoms with van der Waals surface area (Å²) >= 11 is 5.47. The molecule has 0 radical (unpaired) electrons. The Kier molecular flexibility index (Phi) is 6.86. The zero-order valence-corrected chi connectivity index (χ0v) is 22.3. The molecule has 0 spiro atoms. The van der Waals surface area contributed by atoms with Crippen molar-refractivity contribution in [1.82, 2.24) is 4.57 Å². The number of fused-ring (bicyclic) bond motifs is 1. The normalized spacial score (nSPS) is 16.0. The van der Waals surface area contributed by atoms with E-state index in [0.717, 1.165) is 9.13 Å². The summed E-state index contributed by atoms with van der Waals surface area (Å²) in [5, 5.41) is 10.5. The number of nitrogens with zero attached hydrogens (tertiary/aromatic N) is 2. The Morgan fingerprint density at radius 3 is 2.69 bits per heavy atom. The molecule has 9 heteroatoms. The first-order chi connectivity index (χ1) is 15.3. The van der Waals surface area contributed by atoms with E-state index in [9.17, 15) is 14.7 Å².